The Morgan fingerprint density at radius 3 is 2.84 bits per heavy atom. The van der Waals surface area contributed by atoms with Crippen LogP contribution in [0.25, 0.3) is 0 Å². The van der Waals surface area contributed by atoms with Gasteiger partial charge in [-0.25, -0.2) is 0 Å². The highest BCUT2D eigenvalue weighted by atomic mass is 32.1. The molecule has 2 atom stereocenters. The summed E-state index contributed by atoms with van der Waals surface area (Å²) in [7, 11) is 2.19. The maximum atomic E-state index is 6.00. The van der Waals surface area contributed by atoms with Gasteiger partial charge in [-0.05, 0) is 42.1 Å². The van der Waals surface area contributed by atoms with Crippen LogP contribution in [0.2, 0.25) is 0 Å². The lowest BCUT2D eigenvalue weighted by Gasteiger charge is -2.39. The molecule has 0 bridgehead atoms. The van der Waals surface area contributed by atoms with Crippen molar-refractivity contribution < 1.29 is 0 Å². The SMILES string of the molecule is Cc1cccc2c1C(CN)N(C)CC2c1cccs1. The van der Waals surface area contributed by atoms with E-state index in [1.165, 1.54) is 21.6 Å². The van der Waals surface area contributed by atoms with Crippen molar-refractivity contribution in [3.05, 3.63) is 57.3 Å². The van der Waals surface area contributed by atoms with E-state index >= 15 is 0 Å². The van der Waals surface area contributed by atoms with Crippen LogP contribution in [-0.4, -0.2) is 25.0 Å². The molecule has 3 rings (SSSR count). The molecule has 0 amide bonds. The molecule has 2 aromatic rings. The molecule has 1 aromatic carbocycles. The van der Waals surface area contributed by atoms with Crippen molar-refractivity contribution in [3.63, 3.8) is 0 Å². The Hall–Kier alpha value is -1.16. The van der Waals surface area contributed by atoms with E-state index in [0.717, 1.165) is 6.54 Å². The lowest BCUT2D eigenvalue weighted by molar-refractivity contribution is 0.223. The minimum atomic E-state index is 0.354. The van der Waals surface area contributed by atoms with Gasteiger partial charge in [0.1, 0.15) is 0 Å². The molecule has 0 saturated carbocycles. The molecule has 0 radical (unpaired) electrons. The van der Waals surface area contributed by atoms with Gasteiger partial charge in [0, 0.05) is 29.9 Å². The molecule has 0 fully saturated rings. The number of hydrogen-bond donors (Lipinski definition) is 1. The first-order valence-electron chi connectivity index (χ1n) is 6.75. The zero-order valence-electron chi connectivity index (χ0n) is 11.5. The molecule has 2 unspecified atom stereocenters. The minimum absolute atomic E-state index is 0.354. The van der Waals surface area contributed by atoms with Crippen LogP contribution < -0.4 is 5.73 Å². The van der Waals surface area contributed by atoms with Crippen LogP contribution in [0.4, 0.5) is 0 Å². The summed E-state index contributed by atoms with van der Waals surface area (Å²) < 4.78 is 0. The molecule has 0 saturated heterocycles. The number of aryl methyl sites for hydroxylation is 1. The van der Waals surface area contributed by atoms with Crippen molar-refractivity contribution in [2.24, 2.45) is 5.73 Å². The Balaban J connectivity index is 2.15. The molecule has 19 heavy (non-hydrogen) atoms. The molecule has 1 aromatic heterocycles. The van der Waals surface area contributed by atoms with Gasteiger partial charge < -0.3 is 5.73 Å². The van der Waals surface area contributed by atoms with Gasteiger partial charge in [-0.1, -0.05) is 24.3 Å². The van der Waals surface area contributed by atoms with E-state index in [1.54, 1.807) is 0 Å². The summed E-state index contributed by atoms with van der Waals surface area (Å²) in [6, 6.07) is 11.4. The predicted molar refractivity (Wildman–Crippen MR) is 81.8 cm³/mol. The van der Waals surface area contributed by atoms with Crippen molar-refractivity contribution in [3.8, 4) is 0 Å². The number of nitrogens with zero attached hydrogens (tertiary/aromatic N) is 1. The lowest BCUT2D eigenvalue weighted by atomic mass is 9.82. The van der Waals surface area contributed by atoms with Crippen LogP contribution in [0, 0.1) is 6.92 Å². The Kier molecular flexibility index (Phi) is 3.44. The topological polar surface area (TPSA) is 29.3 Å². The summed E-state index contributed by atoms with van der Waals surface area (Å²) >= 11 is 1.85. The number of likely N-dealkylation sites (N-methyl/N-ethyl adjacent to an activating group) is 1. The number of benzene rings is 1. The quantitative estimate of drug-likeness (QED) is 0.910. The molecule has 0 spiro atoms. The molecule has 3 heteroatoms. The second-order valence-electron chi connectivity index (χ2n) is 5.34. The molecular formula is C16H20N2S. The molecule has 1 aliphatic heterocycles. The molecule has 0 aliphatic carbocycles. The fourth-order valence-electron chi connectivity index (χ4n) is 3.23. The number of rotatable bonds is 2. The fraction of sp³-hybridized carbons (Fsp3) is 0.375. The van der Waals surface area contributed by atoms with Crippen molar-refractivity contribution in [2.75, 3.05) is 20.1 Å². The highest BCUT2D eigenvalue weighted by Gasteiger charge is 2.32. The first kappa shape index (κ1) is 12.9. The third-order valence-electron chi connectivity index (χ3n) is 4.18. The number of thiophene rings is 1. The summed E-state index contributed by atoms with van der Waals surface area (Å²) in [6.07, 6.45) is 0. The van der Waals surface area contributed by atoms with Crippen molar-refractivity contribution in [1.82, 2.24) is 4.90 Å². The van der Waals surface area contributed by atoms with Gasteiger partial charge >= 0.3 is 0 Å². The fourth-order valence-corrected chi connectivity index (χ4v) is 4.06. The summed E-state index contributed by atoms with van der Waals surface area (Å²) in [6.45, 7) is 3.94. The maximum absolute atomic E-state index is 6.00. The van der Waals surface area contributed by atoms with Crippen LogP contribution in [0.1, 0.15) is 33.5 Å². The van der Waals surface area contributed by atoms with Gasteiger partial charge in [0.15, 0.2) is 0 Å². The molecule has 2 nitrogen and oxygen atoms in total. The normalized spacial score (nSPS) is 23.3. The van der Waals surface area contributed by atoms with E-state index in [9.17, 15) is 0 Å². The smallest absolute Gasteiger partial charge is 0.0473 e. The Bertz CT molecular complexity index is 562. The molecular weight excluding hydrogens is 252 g/mol. The van der Waals surface area contributed by atoms with Crippen LogP contribution in [0.5, 0.6) is 0 Å². The zero-order valence-corrected chi connectivity index (χ0v) is 12.3. The Morgan fingerprint density at radius 1 is 1.32 bits per heavy atom. The van der Waals surface area contributed by atoms with E-state index in [2.05, 4.69) is 54.6 Å². The summed E-state index contributed by atoms with van der Waals surface area (Å²) in [5, 5.41) is 2.17. The first-order chi connectivity index (χ1) is 9.22. The maximum Gasteiger partial charge on any atom is 0.0473 e. The average Bonchev–Trinajstić information content (AvgIpc) is 2.92. The van der Waals surface area contributed by atoms with E-state index < -0.39 is 0 Å². The number of fused-ring (bicyclic) bond motifs is 1. The highest BCUT2D eigenvalue weighted by Crippen LogP contribution is 2.40. The van der Waals surface area contributed by atoms with Crippen molar-refractivity contribution in [1.29, 1.82) is 0 Å². The summed E-state index contributed by atoms with van der Waals surface area (Å²) in [5.74, 6) is 0.489. The standard InChI is InChI=1S/C16H20N2S/c1-11-5-3-6-12-13(15-7-4-8-19-15)10-18(2)14(9-17)16(11)12/h3-8,13-14H,9-10,17H2,1-2H3. The van der Waals surface area contributed by atoms with Crippen molar-refractivity contribution in [2.45, 2.75) is 18.9 Å². The second-order valence-corrected chi connectivity index (χ2v) is 6.32. The van der Waals surface area contributed by atoms with E-state index in [1.807, 2.05) is 11.3 Å². The van der Waals surface area contributed by atoms with Crippen LogP contribution >= 0.6 is 11.3 Å². The van der Waals surface area contributed by atoms with Crippen LogP contribution in [-0.2, 0) is 0 Å². The van der Waals surface area contributed by atoms with E-state index in [4.69, 9.17) is 5.73 Å². The number of nitrogens with two attached hydrogens (primary N) is 1. The third kappa shape index (κ3) is 2.12. The highest BCUT2D eigenvalue weighted by molar-refractivity contribution is 7.10. The summed E-state index contributed by atoms with van der Waals surface area (Å²) in [4.78, 5) is 3.86. The average molecular weight is 272 g/mol. The first-order valence-corrected chi connectivity index (χ1v) is 7.63. The monoisotopic (exact) mass is 272 g/mol. The molecule has 2 heterocycles. The van der Waals surface area contributed by atoms with Gasteiger partial charge in [0.05, 0.1) is 0 Å². The molecule has 1 aliphatic rings. The number of hydrogen-bond acceptors (Lipinski definition) is 3. The van der Waals surface area contributed by atoms with Gasteiger partial charge in [-0.2, -0.15) is 0 Å². The Labute approximate surface area is 118 Å². The summed E-state index contributed by atoms with van der Waals surface area (Å²) in [5.41, 5.74) is 10.3. The minimum Gasteiger partial charge on any atom is -0.329 e. The van der Waals surface area contributed by atoms with Crippen LogP contribution in [0.15, 0.2) is 35.7 Å². The van der Waals surface area contributed by atoms with Crippen molar-refractivity contribution >= 4 is 11.3 Å². The van der Waals surface area contributed by atoms with E-state index in [-0.39, 0.29) is 0 Å². The largest absolute Gasteiger partial charge is 0.329 e. The van der Waals surface area contributed by atoms with Gasteiger partial charge in [-0.15, -0.1) is 11.3 Å². The third-order valence-corrected chi connectivity index (χ3v) is 5.16. The Morgan fingerprint density at radius 2 is 2.16 bits per heavy atom. The van der Waals surface area contributed by atoms with Crippen LogP contribution in [0.3, 0.4) is 0 Å². The second kappa shape index (κ2) is 5.08. The van der Waals surface area contributed by atoms with E-state index in [0.29, 0.717) is 18.5 Å². The van der Waals surface area contributed by atoms with Gasteiger partial charge in [-0.3, -0.25) is 4.90 Å². The molecule has 100 valence electrons. The van der Waals surface area contributed by atoms with Gasteiger partial charge in [0.25, 0.3) is 0 Å². The zero-order chi connectivity index (χ0) is 13.4. The lowest BCUT2D eigenvalue weighted by Crippen LogP contribution is -2.39. The predicted octanol–water partition coefficient (Wildman–Crippen LogP) is 3.13. The molecule has 2 N–H and O–H groups in total. The van der Waals surface area contributed by atoms with Gasteiger partial charge in [0.2, 0.25) is 0 Å².